The first-order valence-corrected chi connectivity index (χ1v) is 9.75. The van der Waals surface area contributed by atoms with E-state index in [9.17, 15) is 13.6 Å². The number of nitrogens with zero attached hydrogens (tertiary/aromatic N) is 2. The van der Waals surface area contributed by atoms with Gasteiger partial charge in [-0.05, 0) is 18.2 Å². The highest BCUT2D eigenvalue weighted by Crippen LogP contribution is 2.34. The number of halogens is 3. The molecular formula is C20H14ClF2N3O2S. The van der Waals surface area contributed by atoms with E-state index < -0.39 is 12.5 Å². The predicted octanol–water partition coefficient (Wildman–Crippen LogP) is 5.81. The Morgan fingerprint density at radius 1 is 1.21 bits per heavy atom. The maximum Gasteiger partial charge on any atom is 0.387 e. The van der Waals surface area contributed by atoms with Crippen LogP contribution in [0.25, 0.3) is 22.2 Å². The van der Waals surface area contributed by atoms with Gasteiger partial charge in [-0.1, -0.05) is 41.9 Å². The van der Waals surface area contributed by atoms with Crippen molar-refractivity contribution in [3.63, 3.8) is 0 Å². The van der Waals surface area contributed by atoms with Gasteiger partial charge in [-0.3, -0.25) is 10.1 Å². The molecule has 29 heavy (non-hydrogen) atoms. The summed E-state index contributed by atoms with van der Waals surface area (Å²) in [7, 11) is 1.76. The first-order chi connectivity index (χ1) is 14.0. The molecule has 2 heterocycles. The highest BCUT2D eigenvalue weighted by molar-refractivity contribution is 7.14. The Labute approximate surface area is 173 Å². The molecule has 0 unspecified atom stereocenters. The lowest BCUT2D eigenvalue weighted by Gasteiger charge is -2.08. The molecule has 1 N–H and O–H groups in total. The summed E-state index contributed by atoms with van der Waals surface area (Å²) >= 11 is 7.58. The van der Waals surface area contributed by atoms with E-state index in [4.69, 9.17) is 11.6 Å². The molecule has 0 aliphatic carbocycles. The number of amides is 1. The van der Waals surface area contributed by atoms with Crippen molar-refractivity contribution in [3.8, 4) is 17.0 Å². The zero-order chi connectivity index (χ0) is 20.5. The summed E-state index contributed by atoms with van der Waals surface area (Å²) in [5, 5.41) is 5.83. The Hall–Kier alpha value is -2.97. The second-order valence-electron chi connectivity index (χ2n) is 6.11. The molecular weight excluding hydrogens is 420 g/mol. The van der Waals surface area contributed by atoms with Crippen molar-refractivity contribution in [2.45, 2.75) is 6.61 Å². The van der Waals surface area contributed by atoms with Crippen LogP contribution < -0.4 is 10.1 Å². The minimum atomic E-state index is -2.94. The highest BCUT2D eigenvalue weighted by Gasteiger charge is 2.21. The van der Waals surface area contributed by atoms with Gasteiger partial charge in [0.15, 0.2) is 5.13 Å². The van der Waals surface area contributed by atoms with E-state index in [0.29, 0.717) is 27.1 Å². The third-order valence-corrected chi connectivity index (χ3v) is 5.50. The second-order valence-corrected chi connectivity index (χ2v) is 7.34. The highest BCUT2D eigenvalue weighted by atomic mass is 35.5. The van der Waals surface area contributed by atoms with Gasteiger partial charge < -0.3 is 9.30 Å². The van der Waals surface area contributed by atoms with Crippen LogP contribution in [-0.4, -0.2) is 22.1 Å². The van der Waals surface area contributed by atoms with Gasteiger partial charge in [0, 0.05) is 28.9 Å². The first kappa shape index (κ1) is 19.4. The number of alkyl halides is 2. The maximum absolute atomic E-state index is 12.8. The number of aromatic nitrogens is 2. The number of fused-ring (bicyclic) bond motifs is 1. The van der Waals surface area contributed by atoms with E-state index in [1.54, 1.807) is 35.2 Å². The largest absolute Gasteiger partial charge is 0.434 e. The van der Waals surface area contributed by atoms with Gasteiger partial charge in [0.05, 0.1) is 10.7 Å². The van der Waals surface area contributed by atoms with E-state index in [1.807, 2.05) is 24.3 Å². The Kier molecular flexibility index (Phi) is 5.21. The van der Waals surface area contributed by atoms with Crippen LogP contribution in [0, 0.1) is 0 Å². The van der Waals surface area contributed by atoms with Crippen LogP contribution in [0.3, 0.4) is 0 Å². The van der Waals surface area contributed by atoms with Gasteiger partial charge in [0.25, 0.3) is 5.91 Å². The molecule has 5 nitrogen and oxygen atoms in total. The Morgan fingerprint density at radius 2 is 1.93 bits per heavy atom. The van der Waals surface area contributed by atoms with E-state index >= 15 is 0 Å². The zero-order valence-corrected chi connectivity index (χ0v) is 16.6. The monoisotopic (exact) mass is 433 g/mol. The summed E-state index contributed by atoms with van der Waals surface area (Å²) in [6.07, 6.45) is 0. The molecule has 0 atom stereocenters. The fourth-order valence-electron chi connectivity index (χ4n) is 3.09. The number of thiazole rings is 1. The molecule has 0 radical (unpaired) electrons. The number of anilines is 1. The van der Waals surface area contributed by atoms with Crippen LogP contribution in [0.15, 0.2) is 53.9 Å². The average molecular weight is 434 g/mol. The van der Waals surface area contributed by atoms with Gasteiger partial charge in [0.2, 0.25) is 0 Å². The molecule has 9 heteroatoms. The van der Waals surface area contributed by atoms with Crippen molar-refractivity contribution in [2.24, 2.45) is 7.05 Å². The van der Waals surface area contributed by atoms with E-state index in [-0.39, 0.29) is 5.75 Å². The number of hydrogen-bond donors (Lipinski definition) is 1. The Balaban J connectivity index is 1.62. The van der Waals surface area contributed by atoms with Crippen LogP contribution in [0.4, 0.5) is 13.9 Å². The van der Waals surface area contributed by atoms with Crippen molar-refractivity contribution >= 4 is 44.9 Å². The summed E-state index contributed by atoms with van der Waals surface area (Å²) in [6, 6.07) is 13.8. The van der Waals surface area contributed by atoms with Crippen molar-refractivity contribution < 1.29 is 18.3 Å². The summed E-state index contributed by atoms with van der Waals surface area (Å²) in [6.45, 7) is -2.94. The lowest BCUT2D eigenvalue weighted by Crippen LogP contribution is -2.16. The van der Waals surface area contributed by atoms with Crippen molar-refractivity contribution in [1.29, 1.82) is 0 Å². The lowest BCUT2D eigenvalue weighted by atomic mass is 10.1. The van der Waals surface area contributed by atoms with Gasteiger partial charge >= 0.3 is 6.61 Å². The zero-order valence-electron chi connectivity index (χ0n) is 15.0. The second kappa shape index (κ2) is 7.81. The average Bonchev–Trinajstić information content (AvgIpc) is 3.25. The van der Waals surface area contributed by atoms with Crippen LogP contribution in [0.2, 0.25) is 5.02 Å². The lowest BCUT2D eigenvalue weighted by molar-refractivity contribution is -0.0494. The van der Waals surface area contributed by atoms with Crippen molar-refractivity contribution in [3.05, 3.63) is 64.6 Å². The Bertz CT molecular complexity index is 1170. The third kappa shape index (κ3) is 3.68. The molecule has 0 spiro atoms. The molecule has 0 bridgehead atoms. The number of para-hydroxylation sites is 2. The minimum Gasteiger partial charge on any atom is -0.434 e. The summed E-state index contributed by atoms with van der Waals surface area (Å²) in [4.78, 5) is 17.1. The van der Waals surface area contributed by atoms with Crippen LogP contribution in [0.5, 0.6) is 5.75 Å². The van der Waals surface area contributed by atoms with Gasteiger partial charge in [-0.2, -0.15) is 8.78 Å². The fourth-order valence-corrected chi connectivity index (χ4v) is 4.17. The molecule has 2 aromatic heterocycles. The van der Waals surface area contributed by atoms with Gasteiger partial charge in [-0.25, -0.2) is 4.98 Å². The molecule has 0 aliphatic heterocycles. The molecule has 0 fully saturated rings. The third-order valence-electron chi connectivity index (χ3n) is 4.36. The van der Waals surface area contributed by atoms with Crippen molar-refractivity contribution in [2.75, 3.05) is 5.32 Å². The molecule has 0 saturated heterocycles. The molecule has 4 rings (SSSR count). The van der Waals surface area contributed by atoms with Gasteiger partial charge in [-0.15, -0.1) is 11.3 Å². The standard InChI is InChI=1S/C20H14ClF2N3O2S/c1-26-14-8-4-2-7-12(14)16(21)17(26)18(27)25-20-24-13(10-29-20)11-6-3-5-9-15(11)28-19(22)23/h2-10,19H,1H3,(H,24,25,27). The quantitative estimate of drug-likeness (QED) is 0.432. The molecule has 1 amide bonds. The van der Waals surface area contributed by atoms with Crippen molar-refractivity contribution in [1.82, 2.24) is 9.55 Å². The van der Waals surface area contributed by atoms with E-state index in [2.05, 4.69) is 15.0 Å². The number of nitrogens with one attached hydrogen (secondary N) is 1. The van der Waals surface area contributed by atoms with E-state index in [0.717, 1.165) is 10.9 Å². The van der Waals surface area contributed by atoms with Crippen LogP contribution >= 0.6 is 22.9 Å². The van der Waals surface area contributed by atoms with E-state index in [1.165, 1.54) is 17.4 Å². The SMILES string of the molecule is Cn1c(C(=O)Nc2nc(-c3ccccc3OC(F)F)cs2)c(Cl)c2ccccc21. The minimum absolute atomic E-state index is 0.0161. The summed E-state index contributed by atoms with van der Waals surface area (Å²) in [5.74, 6) is -0.394. The number of rotatable bonds is 5. The van der Waals surface area contributed by atoms with Crippen LogP contribution in [-0.2, 0) is 7.05 Å². The molecule has 2 aromatic carbocycles. The molecule has 4 aromatic rings. The number of aryl methyl sites for hydroxylation is 1. The van der Waals surface area contributed by atoms with Gasteiger partial charge in [0.1, 0.15) is 11.4 Å². The number of ether oxygens (including phenoxy) is 1. The number of carbonyl (C=O) groups is 1. The summed E-state index contributed by atoms with van der Waals surface area (Å²) in [5.41, 5.74) is 1.98. The molecule has 148 valence electrons. The summed E-state index contributed by atoms with van der Waals surface area (Å²) < 4.78 is 31.5. The van der Waals surface area contributed by atoms with Crippen LogP contribution in [0.1, 0.15) is 10.5 Å². The fraction of sp³-hybridized carbons (Fsp3) is 0.100. The number of benzene rings is 2. The topological polar surface area (TPSA) is 56.2 Å². The normalized spacial score (nSPS) is 11.2. The number of carbonyl (C=O) groups excluding carboxylic acids is 1. The maximum atomic E-state index is 12.8. The smallest absolute Gasteiger partial charge is 0.387 e. The molecule has 0 saturated carbocycles. The number of hydrogen-bond acceptors (Lipinski definition) is 4. The Morgan fingerprint density at radius 3 is 2.69 bits per heavy atom. The molecule has 0 aliphatic rings. The first-order valence-electron chi connectivity index (χ1n) is 8.49. The predicted molar refractivity (Wildman–Crippen MR) is 110 cm³/mol.